The van der Waals surface area contributed by atoms with E-state index >= 15 is 0 Å². The Kier molecular flexibility index (Phi) is 5.65. The first-order valence-corrected chi connectivity index (χ1v) is 7.40. The van der Waals surface area contributed by atoms with Gasteiger partial charge >= 0.3 is 0 Å². The van der Waals surface area contributed by atoms with Gasteiger partial charge in [0.25, 0.3) is 0 Å². The van der Waals surface area contributed by atoms with Crippen LogP contribution in [0.2, 0.25) is 5.02 Å². The van der Waals surface area contributed by atoms with Crippen LogP contribution in [0.25, 0.3) is 0 Å². The molecule has 1 N–H and O–H groups in total. The molecule has 2 nitrogen and oxygen atoms in total. The maximum atomic E-state index is 5.94. The van der Waals surface area contributed by atoms with E-state index < -0.39 is 0 Å². The van der Waals surface area contributed by atoms with Crippen molar-refractivity contribution >= 4 is 23.4 Å². The molecule has 2 rings (SSSR count). The summed E-state index contributed by atoms with van der Waals surface area (Å²) < 4.78 is 5.33. The van der Waals surface area contributed by atoms with Crippen molar-refractivity contribution in [2.45, 2.75) is 23.8 Å². The second-order valence-corrected chi connectivity index (χ2v) is 5.75. The summed E-state index contributed by atoms with van der Waals surface area (Å²) >= 11 is 7.78. The van der Waals surface area contributed by atoms with Crippen molar-refractivity contribution in [3.63, 3.8) is 0 Å². The van der Waals surface area contributed by atoms with Gasteiger partial charge in [-0.2, -0.15) is 0 Å². The topological polar surface area (TPSA) is 21.3 Å². The highest BCUT2D eigenvalue weighted by Gasteiger charge is 2.12. The molecular weight excluding hydrogens is 254 g/mol. The second-order valence-electron chi connectivity index (χ2n) is 4.15. The van der Waals surface area contributed by atoms with E-state index in [2.05, 4.69) is 11.4 Å². The van der Waals surface area contributed by atoms with Crippen LogP contribution in [-0.2, 0) is 4.74 Å². The lowest BCUT2D eigenvalue weighted by Gasteiger charge is -2.23. The summed E-state index contributed by atoms with van der Waals surface area (Å²) in [5, 5.41) is 4.39. The third kappa shape index (κ3) is 4.88. The third-order valence-corrected chi connectivity index (χ3v) is 4.05. The summed E-state index contributed by atoms with van der Waals surface area (Å²) in [7, 11) is 0. The summed E-state index contributed by atoms with van der Waals surface area (Å²) in [6.45, 7) is 2.85. The normalized spacial score (nSPS) is 17.2. The molecule has 1 heterocycles. The van der Waals surface area contributed by atoms with Gasteiger partial charge in [0.2, 0.25) is 0 Å². The average Bonchev–Trinajstić information content (AvgIpc) is 2.36. The third-order valence-electron chi connectivity index (χ3n) is 2.82. The summed E-state index contributed by atoms with van der Waals surface area (Å²) in [6.07, 6.45) is 2.28. The Labute approximate surface area is 112 Å². The zero-order chi connectivity index (χ0) is 11.9. The summed E-state index contributed by atoms with van der Waals surface area (Å²) in [5.41, 5.74) is 0. The summed E-state index contributed by atoms with van der Waals surface area (Å²) in [4.78, 5) is 1.24. The van der Waals surface area contributed by atoms with Gasteiger partial charge in [-0.15, -0.1) is 11.8 Å². The van der Waals surface area contributed by atoms with E-state index in [0.29, 0.717) is 6.04 Å². The highest BCUT2D eigenvalue weighted by Crippen LogP contribution is 2.21. The molecule has 0 saturated carbocycles. The van der Waals surface area contributed by atoms with E-state index in [-0.39, 0.29) is 0 Å². The Hall–Kier alpha value is -0.220. The molecule has 1 aliphatic heterocycles. The van der Waals surface area contributed by atoms with Crippen molar-refractivity contribution in [2.24, 2.45) is 0 Å². The van der Waals surface area contributed by atoms with Gasteiger partial charge in [0.05, 0.1) is 0 Å². The second kappa shape index (κ2) is 7.27. The predicted molar refractivity (Wildman–Crippen MR) is 74.0 cm³/mol. The number of halogens is 1. The molecule has 1 aromatic carbocycles. The first kappa shape index (κ1) is 13.2. The fourth-order valence-corrected chi connectivity index (χ4v) is 2.99. The number of ether oxygens (including phenoxy) is 1. The van der Waals surface area contributed by atoms with Gasteiger partial charge < -0.3 is 10.1 Å². The van der Waals surface area contributed by atoms with Crippen LogP contribution in [0.15, 0.2) is 29.2 Å². The molecule has 0 radical (unpaired) electrons. The molecule has 0 atom stereocenters. The van der Waals surface area contributed by atoms with Crippen LogP contribution in [0.1, 0.15) is 12.8 Å². The lowest BCUT2D eigenvalue weighted by atomic mass is 10.1. The first-order chi connectivity index (χ1) is 8.34. The Morgan fingerprint density at radius 3 is 2.94 bits per heavy atom. The van der Waals surface area contributed by atoms with Crippen LogP contribution in [0.3, 0.4) is 0 Å². The number of benzene rings is 1. The van der Waals surface area contributed by atoms with Crippen LogP contribution >= 0.6 is 23.4 Å². The molecule has 0 aliphatic carbocycles. The van der Waals surface area contributed by atoms with Crippen molar-refractivity contribution in [1.82, 2.24) is 5.32 Å². The minimum absolute atomic E-state index is 0.642. The quantitative estimate of drug-likeness (QED) is 0.656. The maximum Gasteiger partial charge on any atom is 0.0480 e. The Balaban J connectivity index is 1.62. The molecule has 1 saturated heterocycles. The van der Waals surface area contributed by atoms with Gasteiger partial charge in [-0.3, -0.25) is 0 Å². The molecule has 4 heteroatoms. The van der Waals surface area contributed by atoms with Crippen molar-refractivity contribution < 1.29 is 4.74 Å². The molecule has 17 heavy (non-hydrogen) atoms. The Morgan fingerprint density at radius 2 is 2.18 bits per heavy atom. The number of rotatable bonds is 5. The van der Waals surface area contributed by atoms with Crippen LogP contribution in [0.5, 0.6) is 0 Å². The Bertz CT molecular complexity index is 342. The molecule has 1 aromatic rings. The van der Waals surface area contributed by atoms with E-state index in [9.17, 15) is 0 Å². The standard InChI is InChI=1S/C13H18ClNOS/c14-11-2-1-3-13(10-11)17-9-6-15-12-4-7-16-8-5-12/h1-3,10,12,15H,4-9H2. The SMILES string of the molecule is Clc1cccc(SCCNC2CCOCC2)c1. The van der Waals surface area contributed by atoms with Crippen molar-refractivity contribution in [3.05, 3.63) is 29.3 Å². The van der Waals surface area contributed by atoms with E-state index in [4.69, 9.17) is 16.3 Å². The zero-order valence-corrected chi connectivity index (χ0v) is 11.4. The van der Waals surface area contributed by atoms with Crippen LogP contribution < -0.4 is 5.32 Å². The van der Waals surface area contributed by atoms with Gasteiger partial charge in [0, 0.05) is 41.5 Å². The van der Waals surface area contributed by atoms with E-state index in [1.54, 1.807) is 0 Å². The monoisotopic (exact) mass is 271 g/mol. The predicted octanol–water partition coefficient (Wildman–Crippen LogP) is 3.20. The number of thioether (sulfide) groups is 1. The van der Waals surface area contributed by atoms with E-state index in [1.807, 2.05) is 30.0 Å². The van der Waals surface area contributed by atoms with Crippen LogP contribution in [0, 0.1) is 0 Å². The van der Waals surface area contributed by atoms with Gasteiger partial charge in [-0.25, -0.2) is 0 Å². The highest BCUT2D eigenvalue weighted by atomic mass is 35.5. The van der Waals surface area contributed by atoms with Gasteiger partial charge in [-0.1, -0.05) is 17.7 Å². The van der Waals surface area contributed by atoms with Crippen molar-refractivity contribution in [3.8, 4) is 0 Å². The van der Waals surface area contributed by atoms with E-state index in [0.717, 1.165) is 43.4 Å². The Morgan fingerprint density at radius 1 is 1.35 bits per heavy atom. The van der Waals surface area contributed by atoms with Crippen LogP contribution in [-0.4, -0.2) is 31.6 Å². The number of nitrogens with one attached hydrogen (secondary N) is 1. The molecular formula is C13H18ClNOS. The number of hydrogen-bond donors (Lipinski definition) is 1. The molecule has 0 unspecified atom stereocenters. The fraction of sp³-hybridized carbons (Fsp3) is 0.538. The molecule has 94 valence electrons. The number of hydrogen-bond acceptors (Lipinski definition) is 3. The first-order valence-electron chi connectivity index (χ1n) is 6.04. The summed E-state index contributed by atoms with van der Waals surface area (Å²) in [6, 6.07) is 8.66. The van der Waals surface area contributed by atoms with Crippen LogP contribution in [0.4, 0.5) is 0 Å². The van der Waals surface area contributed by atoms with Gasteiger partial charge in [0.1, 0.15) is 0 Å². The lowest BCUT2D eigenvalue weighted by Crippen LogP contribution is -2.35. The molecule has 0 amide bonds. The molecule has 1 fully saturated rings. The zero-order valence-electron chi connectivity index (χ0n) is 9.82. The molecule has 0 aromatic heterocycles. The molecule has 0 spiro atoms. The molecule has 0 bridgehead atoms. The minimum Gasteiger partial charge on any atom is -0.381 e. The maximum absolute atomic E-state index is 5.94. The largest absolute Gasteiger partial charge is 0.381 e. The molecule has 1 aliphatic rings. The van der Waals surface area contributed by atoms with E-state index in [1.165, 1.54) is 4.90 Å². The van der Waals surface area contributed by atoms with Crippen molar-refractivity contribution in [2.75, 3.05) is 25.5 Å². The lowest BCUT2D eigenvalue weighted by molar-refractivity contribution is 0.0786. The fourth-order valence-electron chi connectivity index (χ4n) is 1.89. The van der Waals surface area contributed by atoms with Gasteiger partial charge in [0.15, 0.2) is 0 Å². The summed E-state index contributed by atoms with van der Waals surface area (Å²) in [5.74, 6) is 1.08. The smallest absolute Gasteiger partial charge is 0.0480 e. The highest BCUT2D eigenvalue weighted by molar-refractivity contribution is 7.99. The average molecular weight is 272 g/mol. The van der Waals surface area contributed by atoms with Gasteiger partial charge in [-0.05, 0) is 31.0 Å². The minimum atomic E-state index is 0.642. The van der Waals surface area contributed by atoms with Crippen molar-refractivity contribution in [1.29, 1.82) is 0 Å².